The van der Waals surface area contributed by atoms with Crippen LogP contribution in [0.2, 0.25) is 5.02 Å². The first-order chi connectivity index (χ1) is 19.3. The number of carbonyl (C=O) groups excluding carboxylic acids is 2. The van der Waals surface area contributed by atoms with Crippen LogP contribution in [0.15, 0.2) is 49.3 Å². The molecule has 0 bridgehead atoms. The van der Waals surface area contributed by atoms with Crippen molar-refractivity contribution in [2.45, 2.75) is 24.9 Å². The summed E-state index contributed by atoms with van der Waals surface area (Å²) >= 11 is 5.92. The molecule has 40 heavy (non-hydrogen) atoms. The van der Waals surface area contributed by atoms with Crippen molar-refractivity contribution in [1.82, 2.24) is 14.9 Å². The Kier molecular flexibility index (Phi) is 8.43. The molecule has 0 saturated carbocycles. The lowest BCUT2D eigenvalue weighted by molar-refractivity contribution is -0.197. The number of amides is 1. The Morgan fingerprint density at radius 2 is 2.08 bits per heavy atom. The molecule has 210 valence electrons. The fraction of sp³-hybridized carbons (Fsp3) is 0.357. The summed E-state index contributed by atoms with van der Waals surface area (Å²) in [4.78, 5) is 34.8. The lowest BCUT2D eigenvalue weighted by atomic mass is 9.91. The maximum atomic E-state index is 13.6. The second-order valence-electron chi connectivity index (χ2n) is 9.73. The number of benzene rings is 2. The third kappa shape index (κ3) is 6.49. The maximum Gasteiger partial charge on any atom is 0.332 e. The van der Waals surface area contributed by atoms with Crippen LogP contribution in [0.25, 0.3) is 10.9 Å². The van der Waals surface area contributed by atoms with Gasteiger partial charge in [0.2, 0.25) is 5.91 Å². The van der Waals surface area contributed by atoms with Crippen molar-refractivity contribution in [1.29, 1.82) is 0 Å². The Morgan fingerprint density at radius 1 is 1.25 bits per heavy atom. The Balaban J connectivity index is 1.25. The molecular weight excluding hydrogens is 541 g/mol. The first-order valence-corrected chi connectivity index (χ1v) is 13.3. The zero-order chi connectivity index (χ0) is 28.1. The summed E-state index contributed by atoms with van der Waals surface area (Å²) < 4.78 is 30.7. The standard InChI is InChI=1S/C28H29ClFN5O5/c1-2-25(36)34-23-13-19-22(31-17-32-27(19)33-18-4-5-21(30)20(29)12-18)14-24(23)39-11-3-8-35-9-6-28(7-10-35)16-38-15-26(37)40-28/h2,4-5,12-14,17H,1,3,6-11,15-16H2,(H,34,36)(H,31,32,33). The third-order valence-electron chi connectivity index (χ3n) is 6.92. The summed E-state index contributed by atoms with van der Waals surface area (Å²) in [7, 11) is 0. The topological polar surface area (TPSA) is 115 Å². The minimum Gasteiger partial charge on any atom is -0.491 e. The monoisotopic (exact) mass is 569 g/mol. The molecule has 2 aliphatic rings. The van der Waals surface area contributed by atoms with E-state index in [1.165, 1.54) is 24.5 Å². The highest BCUT2D eigenvalue weighted by atomic mass is 35.5. The molecule has 0 radical (unpaired) electrons. The maximum absolute atomic E-state index is 13.6. The van der Waals surface area contributed by atoms with Gasteiger partial charge in [0, 0.05) is 49.6 Å². The molecule has 3 aromatic rings. The highest BCUT2D eigenvalue weighted by Gasteiger charge is 2.41. The summed E-state index contributed by atoms with van der Waals surface area (Å²) in [5.74, 6) is -0.304. The highest BCUT2D eigenvalue weighted by Crippen LogP contribution is 2.34. The number of fused-ring (bicyclic) bond motifs is 1. The van der Waals surface area contributed by atoms with Crippen molar-refractivity contribution in [2.75, 3.05) is 50.1 Å². The van der Waals surface area contributed by atoms with E-state index in [1.54, 1.807) is 18.2 Å². The van der Waals surface area contributed by atoms with Crippen LogP contribution < -0.4 is 15.4 Å². The van der Waals surface area contributed by atoms with E-state index in [0.29, 0.717) is 47.1 Å². The fourth-order valence-corrected chi connectivity index (χ4v) is 5.00. The molecule has 12 heteroatoms. The van der Waals surface area contributed by atoms with Gasteiger partial charge < -0.3 is 29.7 Å². The van der Waals surface area contributed by atoms with Crippen LogP contribution in [0.4, 0.5) is 21.6 Å². The molecule has 5 rings (SSSR count). The number of nitrogens with zero attached hydrogens (tertiary/aromatic N) is 3. The number of aromatic nitrogens is 2. The number of carbonyl (C=O) groups is 2. The van der Waals surface area contributed by atoms with Gasteiger partial charge in [-0.3, -0.25) is 4.79 Å². The predicted molar refractivity (Wildman–Crippen MR) is 148 cm³/mol. The summed E-state index contributed by atoms with van der Waals surface area (Å²) in [6, 6.07) is 7.72. The minimum absolute atomic E-state index is 0.0199. The molecule has 1 aromatic heterocycles. The van der Waals surface area contributed by atoms with Crippen molar-refractivity contribution < 1.29 is 28.2 Å². The Labute approximate surface area is 235 Å². The molecule has 1 spiro atoms. The Hall–Kier alpha value is -3.80. The number of rotatable bonds is 9. The zero-order valence-corrected chi connectivity index (χ0v) is 22.5. The van der Waals surface area contributed by atoms with Crippen LogP contribution in [0, 0.1) is 5.82 Å². The molecule has 0 unspecified atom stereocenters. The summed E-state index contributed by atoms with van der Waals surface area (Å²) in [6.45, 7) is 6.84. The minimum atomic E-state index is -0.524. The molecule has 2 N–H and O–H groups in total. The van der Waals surface area contributed by atoms with E-state index < -0.39 is 17.3 Å². The van der Waals surface area contributed by atoms with Gasteiger partial charge in [0.1, 0.15) is 35.9 Å². The van der Waals surface area contributed by atoms with Crippen molar-refractivity contribution in [3.8, 4) is 5.75 Å². The molecule has 2 aromatic carbocycles. The van der Waals surface area contributed by atoms with Crippen LogP contribution in [0.3, 0.4) is 0 Å². The number of anilines is 3. The third-order valence-corrected chi connectivity index (χ3v) is 7.21. The van der Waals surface area contributed by atoms with Gasteiger partial charge in [0.05, 0.1) is 29.4 Å². The Bertz CT molecular complexity index is 1430. The molecule has 2 saturated heterocycles. The average Bonchev–Trinajstić information content (AvgIpc) is 2.94. The summed E-state index contributed by atoms with van der Waals surface area (Å²) in [5, 5.41) is 6.51. The van der Waals surface area contributed by atoms with E-state index in [2.05, 4.69) is 32.1 Å². The van der Waals surface area contributed by atoms with Gasteiger partial charge in [-0.2, -0.15) is 0 Å². The summed E-state index contributed by atoms with van der Waals surface area (Å²) in [6.07, 6.45) is 4.80. The number of hydrogen-bond donors (Lipinski definition) is 2. The van der Waals surface area contributed by atoms with Gasteiger partial charge in [-0.25, -0.2) is 19.2 Å². The molecule has 10 nitrogen and oxygen atoms in total. The highest BCUT2D eigenvalue weighted by molar-refractivity contribution is 6.31. The second kappa shape index (κ2) is 12.2. The normalized spacial score (nSPS) is 16.9. The number of piperidine rings is 1. The van der Waals surface area contributed by atoms with E-state index in [0.717, 1.165) is 38.9 Å². The van der Waals surface area contributed by atoms with Crippen LogP contribution in [-0.2, 0) is 19.1 Å². The largest absolute Gasteiger partial charge is 0.491 e. The number of likely N-dealkylation sites (tertiary alicyclic amines) is 1. The van der Waals surface area contributed by atoms with Crippen LogP contribution in [-0.4, -0.2) is 71.8 Å². The van der Waals surface area contributed by atoms with E-state index >= 15 is 0 Å². The van der Waals surface area contributed by atoms with E-state index in [9.17, 15) is 14.0 Å². The number of halogens is 2. The van der Waals surface area contributed by atoms with Gasteiger partial charge >= 0.3 is 5.97 Å². The smallest absolute Gasteiger partial charge is 0.332 e. The van der Waals surface area contributed by atoms with Gasteiger partial charge in [0.15, 0.2) is 0 Å². The van der Waals surface area contributed by atoms with Crippen LogP contribution >= 0.6 is 11.6 Å². The number of esters is 1. The van der Waals surface area contributed by atoms with E-state index in [1.807, 2.05) is 0 Å². The fourth-order valence-electron chi connectivity index (χ4n) is 4.82. The van der Waals surface area contributed by atoms with Crippen molar-refractivity contribution >= 4 is 51.6 Å². The number of nitrogens with one attached hydrogen (secondary N) is 2. The second-order valence-corrected chi connectivity index (χ2v) is 10.1. The van der Waals surface area contributed by atoms with Crippen LogP contribution in [0.1, 0.15) is 19.3 Å². The molecule has 1 amide bonds. The van der Waals surface area contributed by atoms with Crippen molar-refractivity contribution in [3.63, 3.8) is 0 Å². The zero-order valence-electron chi connectivity index (χ0n) is 21.8. The SMILES string of the molecule is C=CC(=O)Nc1cc2c(Nc3ccc(F)c(Cl)c3)ncnc2cc1OCCCN1CCC2(CC1)COCC(=O)O2. The van der Waals surface area contributed by atoms with E-state index in [-0.39, 0.29) is 17.6 Å². The first kappa shape index (κ1) is 27.8. The average molecular weight is 570 g/mol. The molecular formula is C28H29ClFN5O5. The van der Waals surface area contributed by atoms with Gasteiger partial charge in [0.25, 0.3) is 0 Å². The van der Waals surface area contributed by atoms with Gasteiger partial charge in [-0.05, 0) is 36.8 Å². The van der Waals surface area contributed by atoms with Crippen LogP contribution in [0.5, 0.6) is 5.75 Å². The van der Waals surface area contributed by atoms with Crippen molar-refractivity contribution in [3.05, 3.63) is 60.2 Å². The molecule has 0 atom stereocenters. The number of hydrogen-bond acceptors (Lipinski definition) is 9. The summed E-state index contributed by atoms with van der Waals surface area (Å²) in [5.41, 5.74) is 1.07. The lowest BCUT2D eigenvalue weighted by Crippen LogP contribution is -2.53. The molecule has 0 aliphatic carbocycles. The molecule has 3 heterocycles. The van der Waals surface area contributed by atoms with Gasteiger partial charge in [-0.15, -0.1) is 0 Å². The number of ether oxygens (including phenoxy) is 3. The molecule has 2 fully saturated rings. The van der Waals surface area contributed by atoms with Crippen molar-refractivity contribution in [2.24, 2.45) is 0 Å². The quantitative estimate of drug-likeness (QED) is 0.219. The first-order valence-electron chi connectivity index (χ1n) is 12.9. The predicted octanol–water partition coefficient (Wildman–Crippen LogP) is 4.47. The Morgan fingerprint density at radius 3 is 2.83 bits per heavy atom. The van der Waals surface area contributed by atoms with E-state index in [4.69, 9.17) is 25.8 Å². The van der Waals surface area contributed by atoms with Gasteiger partial charge in [-0.1, -0.05) is 18.2 Å². The lowest BCUT2D eigenvalue weighted by Gasteiger charge is -2.42. The molecule has 2 aliphatic heterocycles.